The molecule has 5 rings (SSSR count). The zero-order valence-corrected chi connectivity index (χ0v) is 20.0. The van der Waals surface area contributed by atoms with Gasteiger partial charge in [-0.2, -0.15) is 27.0 Å². The lowest BCUT2D eigenvalue weighted by Crippen LogP contribution is -2.58. The van der Waals surface area contributed by atoms with Gasteiger partial charge in [-0.05, 0) is 32.1 Å². The average Bonchev–Trinajstić information content (AvgIpc) is 3.33. The number of hydrazine groups is 1. The number of nitrogens with zero attached hydrogens (tertiary/aromatic N) is 5. The van der Waals surface area contributed by atoms with Crippen LogP contribution in [0.1, 0.15) is 38.5 Å². The molecule has 0 spiro atoms. The molecule has 4 aliphatic rings. The van der Waals surface area contributed by atoms with Crippen molar-refractivity contribution < 1.29 is 18.3 Å². The number of aliphatic hydroxyl groups excluding tert-OH is 1. The first-order valence-corrected chi connectivity index (χ1v) is 13.1. The molecule has 0 amide bonds. The molecule has 1 aromatic rings. The van der Waals surface area contributed by atoms with E-state index < -0.39 is 10.2 Å². The fraction of sp³-hybridized carbons (Fsp3) is 0.800. The number of aliphatic hydroxyl groups is 1. The van der Waals surface area contributed by atoms with Gasteiger partial charge in [-0.3, -0.25) is 5.43 Å². The molecule has 13 heteroatoms. The molecular weight excluding hydrogens is 448 g/mol. The number of rotatable bonds is 8. The van der Waals surface area contributed by atoms with E-state index in [-0.39, 0.29) is 36.9 Å². The number of methoxy groups -OCH3 is 1. The molecule has 5 heterocycles. The summed E-state index contributed by atoms with van der Waals surface area (Å²) in [6, 6.07) is 1.93. The van der Waals surface area contributed by atoms with Crippen LogP contribution in [-0.2, 0) is 10.2 Å². The van der Waals surface area contributed by atoms with Crippen LogP contribution < -0.4 is 25.8 Å². The van der Waals surface area contributed by atoms with Gasteiger partial charge in [-0.25, -0.2) is 5.43 Å². The van der Waals surface area contributed by atoms with E-state index in [1.165, 1.54) is 0 Å². The second-order valence-corrected chi connectivity index (χ2v) is 11.2. The summed E-state index contributed by atoms with van der Waals surface area (Å²) in [7, 11) is 0.191. The van der Waals surface area contributed by atoms with Gasteiger partial charge >= 0.3 is 0 Å². The average molecular weight is 483 g/mol. The summed E-state index contributed by atoms with van der Waals surface area (Å²) in [5.74, 6) is 1.63. The highest BCUT2D eigenvalue weighted by atomic mass is 32.2. The molecule has 2 bridgehead atoms. The van der Waals surface area contributed by atoms with E-state index in [0.717, 1.165) is 32.1 Å². The summed E-state index contributed by atoms with van der Waals surface area (Å²) in [5.41, 5.74) is 6.15. The normalized spacial score (nSPS) is 32.5. The highest BCUT2D eigenvalue weighted by Crippen LogP contribution is 2.41. The van der Waals surface area contributed by atoms with Crippen molar-refractivity contribution in [3.05, 3.63) is 6.07 Å². The number of anilines is 2. The van der Waals surface area contributed by atoms with E-state index in [2.05, 4.69) is 26.1 Å². The van der Waals surface area contributed by atoms with Gasteiger partial charge in [-0.1, -0.05) is 0 Å². The third-order valence-corrected chi connectivity index (χ3v) is 9.48. The molecular formula is C20H34N8O4S. The van der Waals surface area contributed by atoms with Crippen LogP contribution in [0.25, 0.3) is 0 Å². The van der Waals surface area contributed by atoms with Crippen LogP contribution in [-0.4, -0.2) is 96.3 Å². The maximum absolute atomic E-state index is 13.1. The Morgan fingerprint density at radius 3 is 2.52 bits per heavy atom. The maximum atomic E-state index is 13.1. The molecule has 0 radical (unpaired) electrons. The van der Waals surface area contributed by atoms with Crippen molar-refractivity contribution in [2.45, 2.75) is 68.9 Å². The molecule has 4 fully saturated rings. The van der Waals surface area contributed by atoms with Crippen molar-refractivity contribution in [2.24, 2.45) is 0 Å². The van der Waals surface area contributed by atoms with Gasteiger partial charge in [0.15, 0.2) is 0 Å². The summed E-state index contributed by atoms with van der Waals surface area (Å²) in [6.07, 6.45) is 4.91. The first-order chi connectivity index (χ1) is 15.9. The van der Waals surface area contributed by atoms with E-state index in [0.29, 0.717) is 37.2 Å². The number of ether oxygens (including phenoxy) is 1. The van der Waals surface area contributed by atoms with Gasteiger partial charge in [-0.15, -0.1) is 0 Å². The highest BCUT2D eigenvalue weighted by Gasteiger charge is 2.50. The Morgan fingerprint density at radius 1 is 1.21 bits per heavy atom. The monoisotopic (exact) mass is 482 g/mol. The topological polar surface area (TPSA) is 135 Å². The SMILES string of the molecule is COc1cc(NC2CC(CO)NN2)nc(N(C)C2C[C@H]3CC[C@@H](C2)N3S(=O)(=O)N2CCC2)n1. The fourth-order valence-electron chi connectivity index (χ4n) is 5.38. The lowest BCUT2D eigenvalue weighted by atomic mass is 9.99. The quantitative estimate of drug-likeness (QED) is 0.383. The first-order valence-electron chi connectivity index (χ1n) is 11.7. The summed E-state index contributed by atoms with van der Waals surface area (Å²) in [5, 5.41) is 12.7. The highest BCUT2D eigenvalue weighted by molar-refractivity contribution is 7.86. The lowest BCUT2D eigenvalue weighted by molar-refractivity contribution is 0.192. The predicted octanol–water partition coefficient (Wildman–Crippen LogP) is -0.536. The molecule has 184 valence electrons. The molecule has 5 atom stereocenters. The maximum Gasteiger partial charge on any atom is 0.282 e. The van der Waals surface area contributed by atoms with Crippen LogP contribution in [0.15, 0.2) is 6.07 Å². The van der Waals surface area contributed by atoms with Crippen molar-refractivity contribution >= 4 is 22.0 Å². The van der Waals surface area contributed by atoms with E-state index in [9.17, 15) is 13.5 Å². The van der Waals surface area contributed by atoms with Gasteiger partial charge in [0.1, 0.15) is 5.82 Å². The van der Waals surface area contributed by atoms with Crippen molar-refractivity contribution in [1.29, 1.82) is 0 Å². The Labute approximate surface area is 194 Å². The summed E-state index contributed by atoms with van der Waals surface area (Å²) >= 11 is 0. The van der Waals surface area contributed by atoms with Crippen LogP contribution in [0, 0.1) is 0 Å². The molecule has 0 aliphatic carbocycles. The van der Waals surface area contributed by atoms with Gasteiger partial charge < -0.3 is 20.1 Å². The van der Waals surface area contributed by atoms with Crippen molar-refractivity contribution in [2.75, 3.05) is 44.1 Å². The zero-order chi connectivity index (χ0) is 23.2. The van der Waals surface area contributed by atoms with Gasteiger partial charge in [0.25, 0.3) is 10.2 Å². The number of fused-ring (bicyclic) bond motifs is 2. The Hall–Kier alpha value is -1.77. The minimum Gasteiger partial charge on any atom is -0.481 e. The molecule has 4 aliphatic heterocycles. The van der Waals surface area contributed by atoms with Crippen LogP contribution in [0.2, 0.25) is 0 Å². The van der Waals surface area contributed by atoms with E-state index >= 15 is 0 Å². The predicted molar refractivity (Wildman–Crippen MR) is 123 cm³/mol. The van der Waals surface area contributed by atoms with Crippen molar-refractivity contribution in [3.63, 3.8) is 0 Å². The minimum absolute atomic E-state index is 0.0124. The first kappa shape index (κ1) is 23.0. The van der Waals surface area contributed by atoms with E-state index in [1.54, 1.807) is 21.8 Å². The van der Waals surface area contributed by atoms with Crippen molar-refractivity contribution in [1.82, 2.24) is 29.4 Å². The Kier molecular flexibility index (Phi) is 6.35. The smallest absolute Gasteiger partial charge is 0.282 e. The zero-order valence-electron chi connectivity index (χ0n) is 19.1. The molecule has 1 aromatic heterocycles. The van der Waals surface area contributed by atoms with Crippen LogP contribution in [0.3, 0.4) is 0 Å². The molecule has 4 saturated heterocycles. The molecule has 0 aromatic carbocycles. The largest absolute Gasteiger partial charge is 0.481 e. The van der Waals surface area contributed by atoms with E-state index in [4.69, 9.17) is 9.72 Å². The third kappa shape index (κ3) is 4.37. The number of nitrogens with one attached hydrogen (secondary N) is 3. The summed E-state index contributed by atoms with van der Waals surface area (Å²) in [4.78, 5) is 11.3. The van der Waals surface area contributed by atoms with Gasteiger partial charge in [0, 0.05) is 56.8 Å². The number of aromatic nitrogens is 2. The minimum atomic E-state index is -3.36. The van der Waals surface area contributed by atoms with Gasteiger partial charge in [0.2, 0.25) is 11.8 Å². The molecule has 12 nitrogen and oxygen atoms in total. The standard InChI is InChI=1S/C20H34N8O4S/c1-26(16-9-14-4-5-15(10-16)28(14)33(30,31)27-6-3-7-27)20-22-17(11-19(23-20)32-2)21-18-8-13(12-29)24-25-18/h11,13-16,18,24-25,29H,3-10,12H2,1-2H3,(H,21,22,23)/t13?,14-,15+,16?,18?. The Morgan fingerprint density at radius 2 is 1.94 bits per heavy atom. The van der Waals surface area contributed by atoms with E-state index in [1.807, 2.05) is 7.05 Å². The number of hydrogen-bond donors (Lipinski definition) is 4. The molecule has 3 unspecified atom stereocenters. The Bertz CT molecular complexity index is 947. The van der Waals surface area contributed by atoms with Crippen LogP contribution in [0.5, 0.6) is 5.88 Å². The fourth-order valence-corrected chi connectivity index (χ4v) is 7.50. The summed E-state index contributed by atoms with van der Waals surface area (Å²) < 4.78 is 35.0. The van der Waals surface area contributed by atoms with Crippen molar-refractivity contribution in [3.8, 4) is 5.88 Å². The number of hydrogen-bond acceptors (Lipinski definition) is 10. The lowest BCUT2D eigenvalue weighted by Gasteiger charge is -2.44. The second-order valence-electron chi connectivity index (χ2n) is 9.41. The molecule has 0 saturated carbocycles. The second kappa shape index (κ2) is 9.12. The Balaban J connectivity index is 1.30. The number of piperidine rings is 1. The molecule has 33 heavy (non-hydrogen) atoms. The third-order valence-electron chi connectivity index (χ3n) is 7.34. The van der Waals surface area contributed by atoms with Crippen LogP contribution >= 0.6 is 0 Å². The summed E-state index contributed by atoms with van der Waals surface area (Å²) in [6.45, 7) is 1.33. The van der Waals surface area contributed by atoms with Crippen LogP contribution in [0.4, 0.5) is 11.8 Å². The van der Waals surface area contributed by atoms with Gasteiger partial charge in [0.05, 0.1) is 19.9 Å². The molecule has 4 N–H and O–H groups in total.